The van der Waals surface area contributed by atoms with E-state index in [2.05, 4.69) is 22.8 Å². The summed E-state index contributed by atoms with van der Waals surface area (Å²) in [5.41, 5.74) is 1.02. The highest BCUT2D eigenvalue weighted by Gasteiger charge is 2.38. The summed E-state index contributed by atoms with van der Waals surface area (Å²) < 4.78 is 5.14. The molecule has 4 atom stereocenters. The number of carbonyl (C=O) groups is 3. The molecule has 0 aromatic heterocycles. The van der Waals surface area contributed by atoms with E-state index in [-0.39, 0.29) is 24.3 Å². The van der Waals surface area contributed by atoms with Gasteiger partial charge >= 0.3 is 6.03 Å². The molecular weight excluding hydrogens is 382 g/mol. The summed E-state index contributed by atoms with van der Waals surface area (Å²) in [7, 11) is 1.61. The zero-order chi connectivity index (χ0) is 21.1. The van der Waals surface area contributed by atoms with E-state index in [1.807, 2.05) is 24.3 Å². The van der Waals surface area contributed by atoms with Crippen LogP contribution >= 0.6 is 0 Å². The van der Waals surface area contributed by atoms with Crippen molar-refractivity contribution in [3.05, 3.63) is 42.0 Å². The molecule has 7 heteroatoms. The average Bonchev–Trinajstić information content (AvgIpc) is 3.45. The highest BCUT2D eigenvalue weighted by molar-refractivity contribution is 6.04. The first-order valence-electron chi connectivity index (χ1n) is 10.7. The number of carbonyl (C=O) groups excluding carboxylic acids is 3. The van der Waals surface area contributed by atoms with Crippen LogP contribution in [0.2, 0.25) is 0 Å². The van der Waals surface area contributed by atoms with E-state index in [9.17, 15) is 14.4 Å². The number of methoxy groups -OCH3 is 1. The van der Waals surface area contributed by atoms with E-state index in [1.54, 1.807) is 7.11 Å². The molecule has 2 aliphatic carbocycles. The van der Waals surface area contributed by atoms with Gasteiger partial charge in [0.15, 0.2) is 0 Å². The number of allylic oxidation sites excluding steroid dienone is 2. The van der Waals surface area contributed by atoms with Crippen LogP contribution in [-0.4, -0.2) is 49.0 Å². The summed E-state index contributed by atoms with van der Waals surface area (Å²) in [6, 6.07) is 6.55. The molecule has 3 aliphatic rings. The molecule has 1 saturated carbocycles. The van der Waals surface area contributed by atoms with Gasteiger partial charge in [0, 0.05) is 19.5 Å². The van der Waals surface area contributed by atoms with Crippen LogP contribution in [-0.2, 0) is 16.0 Å². The van der Waals surface area contributed by atoms with Gasteiger partial charge in [0.1, 0.15) is 11.8 Å². The maximum Gasteiger partial charge on any atom is 0.324 e. The minimum Gasteiger partial charge on any atom is -0.497 e. The molecule has 7 nitrogen and oxygen atoms in total. The highest BCUT2D eigenvalue weighted by atomic mass is 16.5. The Balaban J connectivity index is 1.19. The van der Waals surface area contributed by atoms with Crippen molar-refractivity contribution in [2.24, 2.45) is 17.8 Å². The van der Waals surface area contributed by atoms with Crippen LogP contribution in [0.25, 0.3) is 0 Å². The predicted octanol–water partition coefficient (Wildman–Crippen LogP) is 2.27. The molecule has 1 saturated heterocycles. The molecular formula is C23H29N3O4. The Kier molecular flexibility index (Phi) is 6.06. The van der Waals surface area contributed by atoms with Gasteiger partial charge in [-0.3, -0.25) is 14.5 Å². The lowest BCUT2D eigenvalue weighted by Crippen LogP contribution is -2.35. The Labute approximate surface area is 176 Å². The molecule has 4 rings (SSSR count). The van der Waals surface area contributed by atoms with Crippen molar-refractivity contribution in [1.29, 1.82) is 0 Å². The van der Waals surface area contributed by atoms with E-state index in [0.29, 0.717) is 43.7 Å². The van der Waals surface area contributed by atoms with Crippen LogP contribution in [0.15, 0.2) is 36.4 Å². The molecule has 1 aliphatic heterocycles. The van der Waals surface area contributed by atoms with E-state index >= 15 is 0 Å². The quantitative estimate of drug-likeness (QED) is 0.482. The van der Waals surface area contributed by atoms with Crippen molar-refractivity contribution in [2.45, 2.75) is 38.1 Å². The Morgan fingerprint density at radius 3 is 2.67 bits per heavy atom. The Morgan fingerprint density at radius 2 is 2.00 bits per heavy atom. The summed E-state index contributed by atoms with van der Waals surface area (Å²) in [6.45, 7) is 1.01. The minimum absolute atomic E-state index is 0.0551. The highest BCUT2D eigenvalue weighted by Crippen LogP contribution is 2.42. The molecule has 1 heterocycles. The van der Waals surface area contributed by atoms with E-state index < -0.39 is 6.04 Å². The normalized spacial score (nSPS) is 26.9. The molecule has 0 radical (unpaired) electrons. The second kappa shape index (κ2) is 8.90. The SMILES string of the molecule is COc1ccc(CCN2C(=O)N[C@@H](CCC(=O)NC[C@@H]3C[C@H]4C=C[C@H]3C4)C2=O)cc1. The smallest absolute Gasteiger partial charge is 0.324 e. The fraction of sp³-hybridized carbons (Fsp3) is 0.522. The maximum atomic E-state index is 12.6. The minimum atomic E-state index is -0.621. The van der Waals surface area contributed by atoms with Gasteiger partial charge in [0.25, 0.3) is 5.91 Å². The van der Waals surface area contributed by atoms with Crippen LogP contribution in [0, 0.1) is 17.8 Å². The maximum absolute atomic E-state index is 12.6. The number of ether oxygens (including phenoxy) is 1. The second-order valence-electron chi connectivity index (χ2n) is 8.47. The topological polar surface area (TPSA) is 87.7 Å². The van der Waals surface area contributed by atoms with Crippen molar-refractivity contribution in [2.75, 3.05) is 20.2 Å². The van der Waals surface area contributed by atoms with Gasteiger partial charge in [0.2, 0.25) is 5.91 Å². The van der Waals surface area contributed by atoms with Gasteiger partial charge in [-0.05, 0) is 61.1 Å². The molecule has 0 unspecified atom stereocenters. The number of nitrogens with one attached hydrogen (secondary N) is 2. The Hall–Kier alpha value is -2.83. The standard InChI is InChI=1S/C23H29N3O4/c1-30-19-6-3-15(4-7-19)10-11-26-22(28)20(25-23(26)29)8-9-21(27)24-14-18-13-16-2-5-17(18)12-16/h2-7,16-18,20H,8-14H2,1H3,(H,24,27)(H,25,29)/t16-,17-,18-,20-/m0/s1. The largest absolute Gasteiger partial charge is 0.497 e. The number of rotatable bonds is 9. The van der Waals surface area contributed by atoms with Crippen molar-refractivity contribution >= 4 is 17.8 Å². The van der Waals surface area contributed by atoms with Crippen LogP contribution in [0.5, 0.6) is 5.75 Å². The van der Waals surface area contributed by atoms with E-state index in [4.69, 9.17) is 4.74 Å². The number of amides is 4. The number of imide groups is 1. The molecule has 1 aromatic carbocycles. The third-order valence-electron chi connectivity index (χ3n) is 6.53. The molecule has 2 N–H and O–H groups in total. The van der Waals surface area contributed by atoms with Gasteiger partial charge in [-0.25, -0.2) is 4.79 Å². The van der Waals surface area contributed by atoms with Crippen LogP contribution in [0.4, 0.5) is 4.79 Å². The van der Waals surface area contributed by atoms with Crippen molar-refractivity contribution < 1.29 is 19.1 Å². The lowest BCUT2D eigenvalue weighted by Gasteiger charge is -2.18. The summed E-state index contributed by atoms with van der Waals surface area (Å²) in [6.07, 6.45) is 8.08. The lowest BCUT2D eigenvalue weighted by molar-refractivity contribution is -0.127. The fourth-order valence-corrected chi connectivity index (χ4v) is 4.76. The van der Waals surface area contributed by atoms with Crippen LogP contribution in [0.1, 0.15) is 31.2 Å². The number of nitrogens with zero attached hydrogens (tertiary/aromatic N) is 1. The lowest BCUT2D eigenvalue weighted by atomic mass is 9.93. The van der Waals surface area contributed by atoms with Crippen molar-refractivity contribution in [3.8, 4) is 5.75 Å². The zero-order valence-corrected chi connectivity index (χ0v) is 17.3. The summed E-state index contributed by atoms with van der Waals surface area (Å²) >= 11 is 0. The zero-order valence-electron chi connectivity index (χ0n) is 17.3. The van der Waals surface area contributed by atoms with E-state index in [1.165, 1.54) is 11.3 Å². The summed E-state index contributed by atoms with van der Waals surface area (Å²) in [4.78, 5) is 38.3. The summed E-state index contributed by atoms with van der Waals surface area (Å²) in [5.74, 6) is 2.28. The monoisotopic (exact) mass is 411 g/mol. The van der Waals surface area contributed by atoms with Crippen LogP contribution < -0.4 is 15.4 Å². The Morgan fingerprint density at radius 1 is 1.20 bits per heavy atom. The first-order chi connectivity index (χ1) is 14.5. The third-order valence-corrected chi connectivity index (χ3v) is 6.53. The average molecular weight is 412 g/mol. The van der Waals surface area contributed by atoms with Gasteiger partial charge in [-0.2, -0.15) is 0 Å². The molecule has 2 bridgehead atoms. The van der Waals surface area contributed by atoms with Crippen LogP contribution in [0.3, 0.4) is 0 Å². The second-order valence-corrected chi connectivity index (χ2v) is 8.47. The predicted molar refractivity (Wildman–Crippen MR) is 112 cm³/mol. The van der Waals surface area contributed by atoms with Gasteiger partial charge in [0.05, 0.1) is 7.11 Å². The van der Waals surface area contributed by atoms with Gasteiger partial charge in [-0.15, -0.1) is 0 Å². The number of hydrogen-bond acceptors (Lipinski definition) is 4. The first kappa shape index (κ1) is 20.4. The van der Waals surface area contributed by atoms with Gasteiger partial charge in [-0.1, -0.05) is 24.3 Å². The molecule has 2 fully saturated rings. The van der Waals surface area contributed by atoms with Crippen molar-refractivity contribution in [1.82, 2.24) is 15.5 Å². The number of urea groups is 1. The number of fused-ring (bicyclic) bond motifs is 2. The molecule has 4 amide bonds. The van der Waals surface area contributed by atoms with Crippen molar-refractivity contribution in [3.63, 3.8) is 0 Å². The first-order valence-corrected chi connectivity index (χ1v) is 10.7. The molecule has 0 spiro atoms. The van der Waals surface area contributed by atoms with E-state index in [0.717, 1.165) is 17.7 Å². The summed E-state index contributed by atoms with van der Waals surface area (Å²) in [5, 5.41) is 5.72. The molecule has 1 aromatic rings. The molecule has 30 heavy (non-hydrogen) atoms. The fourth-order valence-electron chi connectivity index (χ4n) is 4.76. The molecule has 160 valence electrons. The Bertz CT molecular complexity index is 835. The number of benzene rings is 1. The third kappa shape index (κ3) is 4.50. The van der Waals surface area contributed by atoms with Gasteiger partial charge < -0.3 is 15.4 Å². The number of hydrogen-bond donors (Lipinski definition) is 2.